The summed E-state index contributed by atoms with van der Waals surface area (Å²) in [7, 11) is 0. The standard InChI is InChI=1S/C70H70N4O/c1-67(2,3)49-33-37-65(71-44-49)74-61-29-17-16-26-57(61)58-36-34-54(43-64(58)74)75-53-25-20-24-52(42-53)72-45-73(63-31-19-18-30-62(63)72)66-55(48-38-50(68(4,5)6)41-51(39-48)69(7,8)9)27-21-28-59(66)56-35-32-47(40-60(56)70(10,11)12)46-22-14-13-15-23-46/h13-44H,45H2,1-12H3. The lowest BCUT2D eigenvalue weighted by atomic mass is 9.77. The fourth-order valence-electron chi connectivity index (χ4n) is 10.8. The fraction of sp³-hybridized carbons (Fsp3) is 0.243. The summed E-state index contributed by atoms with van der Waals surface area (Å²) < 4.78 is 9.14. The second-order valence-corrected chi connectivity index (χ2v) is 24.6. The Morgan fingerprint density at radius 3 is 1.71 bits per heavy atom. The largest absolute Gasteiger partial charge is 0.457 e. The van der Waals surface area contributed by atoms with E-state index in [1.807, 2.05) is 6.20 Å². The first kappa shape index (κ1) is 49.3. The third kappa shape index (κ3) is 9.39. The summed E-state index contributed by atoms with van der Waals surface area (Å²) in [5.41, 5.74) is 18.9. The number of anilines is 4. The van der Waals surface area contributed by atoms with Crippen molar-refractivity contribution in [1.82, 2.24) is 9.55 Å². The van der Waals surface area contributed by atoms with Crippen LogP contribution >= 0.6 is 0 Å². The molecule has 376 valence electrons. The molecule has 0 aliphatic carbocycles. The average Bonchev–Trinajstić information content (AvgIpc) is 3.98. The highest BCUT2D eigenvalue weighted by atomic mass is 16.5. The van der Waals surface area contributed by atoms with E-state index in [1.165, 1.54) is 66.7 Å². The zero-order valence-electron chi connectivity index (χ0n) is 45.9. The molecule has 0 bridgehead atoms. The lowest BCUT2D eigenvalue weighted by molar-refractivity contribution is 0.483. The molecule has 75 heavy (non-hydrogen) atoms. The van der Waals surface area contributed by atoms with Gasteiger partial charge in [-0.15, -0.1) is 0 Å². The maximum absolute atomic E-state index is 6.88. The molecule has 1 aliphatic rings. The molecule has 8 aromatic carbocycles. The summed E-state index contributed by atoms with van der Waals surface area (Å²) in [6.07, 6.45) is 2.01. The van der Waals surface area contributed by atoms with Crippen LogP contribution in [-0.2, 0) is 21.7 Å². The monoisotopic (exact) mass is 983 g/mol. The summed E-state index contributed by atoms with van der Waals surface area (Å²) in [6.45, 7) is 28.3. The Bertz CT molecular complexity index is 3730. The highest BCUT2D eigenvalue weighted by Gasteiger charge is 2.34. The van der Waals surface area contributed by atoms with Crippen molar-refractivity contribution in [3.8, 4) is 50.7 Å². The molecule has 11 rings (SSSR count). The number of ether oxygens (including phenoxy) is 1. The van der Waals surface area contributed by atoms with E-state index >= 15 is 0 Å². The molecule has 0 N–H and O–H groups in total. The van der Waals surface area contributed by atoms with Crippen LogP contribution in [0.4, 0.5) is 22.7 Å². The smallest absolute Gasteiger partial charge is 0.137 e. The minimum absolute atomic E-state index is 0.00588. The Balaban J connectivity index is 1.03. The predicted octanol–water partition coefficient (Wildman–Crippen LogP) is 19.4. The third-order valence-electron chi connectivity index (χ3n) is 15.1. The van der Waals surface area contributed by atoms with E-state index in [4.69, 9.17) is 9.72 Å². The molecule has 0 fully saturated rings. The van der Waals surface area contributed by atoms with Crippen molar-refractivity contribution in [3.05, 3.63) is 217 Å². The van der Waals surface area contributed by atoms with Crippen LogP contribution in [0.3, 0.4) is 0 Å². The zero-order chi connectivity index (χ0) is 52.6. The van der Waals surface area contributed by atoms with Crippen LogP contribution in [0.15, 0.2) is 194 Å². The van der Waals surface area contributed by atoms with E-state index in [1.54, 1.807) is 0 Å². The molecule has 5 nitrogen and oxygen atoms in total. The van der Waals surface area contributed by atoms with Gasteiger partial charge in [-0.3, -0.25) is 4.57 Å². The van der Waals surface area contributed by atoms with E-state index in [-0.39, 0.29) is 21.7 Å². The molecule has 0 saturated carbocycles. The van der Waals surface area contributed by atoms with Gasteiger partial charge in [0.1, 0.15) is 24.0 Å². The van der Waals surface area contributed by atoms with E-state index in [9.17, 15) is 0 Å². The van der Waals surface area contributed by atoms with Gasteiger partial charge in [-0.2, -0.15) is 0 Å². The summed E-state index contributed by atoms with van der Waals surface area (Å²) >= 11 is 0. The van der Waals surface area contributed by atoms with Crippen LogP contribution in [0, 0.1) is 0 Å². The third-order valence-corrected chi connectivity index (χ3v) is 15.1. The van der Waals surface area contributed by atoms with E-state index in [0.717, 1.165) is 50.8 Å². The van der Waals surface area contributed by atoms with Crippen molar-refractivity contribution in [2.75, 3.05) is 16.5 Å². The van der Waals surface area contributed by atoms with Crippen molar-refractivity contribution in [1.29, 1.82) is 0 Å². The second kappa shape index (κ2) is 18.5. The van der Waals surface area contributed by atoms with Crippen molar-refractivity contribution >= 4 is 44.6 Å². The van der Waals surface area contributed by atoms with Gasteiger partial charge >= 0.3 is 0 Å². The van der Waals surface area contributed by atoms with Gasteiger partial charge < -0.3 is 14.5 Å². The number of aromatic nitrogens is 2. The molecule has 0 unspecified atom stereocenters. The summed E-state index contributed by atoms with van der Waals surface area (Å²) in [5, 5.41) is 2.34. The maximum atomic E-state index is 6.88. The first-order valence-electron chi connectivity index (χ1n) is 26.6. The second-order valence-electron chi connectivity index (χ2n) is 24.6. The number of pyridine rings is 1. The highest BCUT2D eigenvalue weighted by Crippen LogP contribution is 2.52. The number of rotatable bonds is 8. The van der Waals surface area contributed by atoms with Crippen molar-refractivity contribution in [3.63, 3.8) is 0 Å². The van der Waals surface area contributed by atoms with Gasteiger partial charge in [0.15, 0.2) is 0 Å². The molecular weight excluding hydrogens is 913 g/mol. The Hall–Kier alpha value is -7.89. The van der Waals surface area contributed by atoms with Crippen molar-refractivity contribution in [2.24, 2.45) is 0 Å². The zero-order valence-corrected chi connectivity index (χ0v) is 45.9. The topological polar surface area (TPSA) is 33.5 Å². The molecule has 1 aliphatic heterocycles. The Kier molecular flexibility index (Phi) is 12.2. The lowest BCUT2D eigenvalue weighted by Crippen LogP contribution is -2.25. The van der Waals surface area contributed by atoms with Crippen molar-refractivity contribution in [2.45, 2.75) is 105 Å². The van der Waals surface area contributed by atoms with E-state index in [0.29, 0.717) is 6.67 Å². The highest BCUT2D eigenvalue weighted by molar-refractivity contribution is 6.09. The van der Waals surface area contributed by atoms with Crippen molar-refractivity contribution < 1.29 is 4.74 Å². The minimum atomic E-state index is -0.149. The van der Waals surface area contributed by atoms with Crippen LogP contribution in [0.5, 0.6) is 11.5 Å². The van der Waals surface area contributed by atoms with Gasteiger partial charge in [0.25, 0.3) is 0 Å². The van der Waals surface area contributed by atoms with Gasteiger partial charge in [0.2, 0.25) is 0 Å². The Morgan fingerprint density at radius 1 is 0.400 bits per heavy atom. The molecule has 0 saturated heterocycles. The van der Waals surface area contributed by atoms with E-state index < -0.39 is 0 Å². The molecule has 3 heterocycles. The van der Waals surface area contributed by atoms with Crippen LogP contribution in [0.25, 0.3) is 61.0 Å². The van der Waals surface area contributed by atoms with Crippen LogP contribution < -0.4 is 14.5 Å². The molecule has 0 amide bonds. The van der Waals surface area contributed by atoms with Gasteiger partial charge in [-0.25, -0.2) is 4.98 Å². The number of hydrogen-bond donors (Lipinski definition) is 0. The van der Waals surface area contributed by atoms with Gasteiger partial charge in [-0.1, -0.05) is 210 Å². The van der Waals surface area contributed by atoms with Crippen LogP contribution in [-0.4, -0.2) is 16.2 Å². The number of nitrogens with zero attached hydrogens (tertiary/aromatic N) is 4. The quantitative estimate of drug-likeness (QED) is 0.152. The number of benzene rings is 8. The maximum Gasteiger partial charge on any atom is 0.137 e. The molecule has 0 atom stereocenters. The summed E-state index contributed by atoms with van der Waals surface area (Å²) in [4.78, 5) is 10.0. The molecule has 5 heteroatoms. The molecular formula is C70H70N4O. The fourth-order valence-corrected chi connectivity index (χ4v) is 10.8. The minimum Gasteiger partial charge on any atom is -0.457 e. The normalized spacial score (nSPS) is 13.2. The summed E-state index contributed by atoms with van der Waals surface area (Å²) in [5.74, 6) is 2.41. The lowest BCUT2D eigenvalue weighted by Gasteiger charge is -2.31. The number of fused-ring (bicyclic) bond motifs is 4. The number of hydrogen-bond acceptors (Lipinski definition) is 4. The summed E-state index contributed by atoms with van der Waals surface area (Å²) in [6, 6.07) is 68.9. The molecule has 0 spiro atoms. The number of para-hydroxylation sites is 4. The SMILES string of the molecule is CC(C)(C)c1ccc(-n2c3ccccc3c3ccc(Oc4cccc(N5CN(c6c(-c7cc(C(C)(C)C)cc(C(C)(C)C)c7)cccc6-c6ccc(-c7ccccc7)cc6C(C)(C)C)c6ccccc65)c4)cc32)nc1. The van der Waals surface area contributed by atoms with E-state index in [2.05, 4.69) is 286 Å². The van der Waals surface area contributed by atoms with Gasteiger partial charge in [0.05, 0.1) is 28.1 Å². The van der Waals surface area contributed by atoms with Gasteiger partial charge in [-0.05, 0) is 115 Å². The Morgan fingerprint density at radius 2 is 1.03 bits per heavy atom. The first-order valence-corrected chi connectivity index (χ1v) is 26.6. The van der Waals surface area contributed by atoms with Gasteiger partial charge in [0, 0.05) is 45.9 Å². The molecule has 0 radical (unpaired) electrons. The first-order chi connectivity index (χ1) is 35.7. The predicted molar refractivity (Wildman–Crippen MR) is 318 cm³/mol. The Labute approximate surface area is 445 Å². The molecule has 2 aromatic heterocycles. The van der Waals surface area contributed by atoms with Crippen LogP contribution in [0.2, 0.25) is 0 Å². The average molecular weight is 983 g/mol. The molecule has 10 aromatic rings. The van der Waals surface area contributed by atoms with Crippen LogP contribution in [0.1, 0.15) is 105 Å².